The summed E-state index contributed by atoms with van der Waals surface area (Å²) in [6, 6.07) is 7.43. The summed E-state index contributed by atoms with van der Waals surface area (Å²) in [4.78, 5) is 38.0. The Hall–Kier alpha value is -3.55. The molecule has 0 bridgehead atoms. The summed E-state index contributed by atoms with van der Waals surface area (Å²) < 4.78 is 12.3. The van der Waals surface area contributed by atoms with E-state index in [9.17, 15) is 14.4 Å². The average Bonchev–Trinajstić information content (AvgIpc) is 3.19. The van der Waals surface area contributed by atoms with Gasteiger partial charge >= 0.3 is 6.03 Å². The molecule has 8 nitrogen and oxygen atoms in total. The summed E-state index contributed by atoms with van der Waals surface area (Å²) in [5, 5.41) is 2.19. The Morgan fingerprint density at radius 1 is 1.12 bits per heavy atom. The molecule has 126 valence electrons. The highest BCUT2D eigenvalue weighted by atomic mass is 16.7. The Bertz CT molecular complexity index is 944. The van der Waals surface area contributed by atoms with Gasteiger partial charge in [0.1, 0.15) is 5.57 Å². The molecule has 0 saturated carbocycles. The van der Waals surface area contributed by atoms with E-state index < -0.39 is 17.8 Å². The molecule has 0 radical (unpaired) electrons. The molecule has 4 amide bonds. The van der Waals surface area contributed by atoms with Crippen molar-refractivity contribution in [2.75, 3.05) is 11.7 Å². The normalized spacial score (nSPS) is 18.0. The summed E-state index contributed by atoms with van der Waals surface area (Å²) in [7, 11) is 1.79. The highest BCUT2D eigenvalue weighted by Gasteiger charge is 2.37. The summed E-state index contributed by atoms with van der Waals surface area (Å²) in [6.45, 7) is 0.0794. The number of anilines is 1. The molecular weight excluding hydrogens is 326 g/mol. The number of carbonyl (C=O) groups is 3. The molecule has 2 aromatic rings. The van der Waals surface area contributed by atoms with Gasteiger partial charge in [-0.15, -0.1) is 0 Å². The first-order valence-corrected chi connectivity index (χ1v) is 7.47. The Morgan fingerprint density at radius 3 is 2.68 bits per heavy atom. The maximum Gasteiger partial charge on any atom is 0.335 e. The zero-order valence-corrected chi connectivity index (χ0v) is 13.2. The molecule has 3 heterocycles. The first kappa shape index (κ1) is 15.0. The van der Waals surface area contributed by atoms with Gasteiger partial charge in [-0.3, -0.25) is 14.9 Å². The third-order valence-electron chi connectivity index (χ3n) is 3.99. The molecular formula is C17H13N3O5. The number of amides is 4. The minimum Gasteiger partial charge on any atom is -0.454 e. The maximum atomic E-state index is 12.8. The highest BCUT2D eigenvalue weighted by molar-refractivity contribution is 6.39. The molecule has 1 N–H and O–H groups in total. The quantitative estimate of drug-likeness (QED) is 0.660. The number of hydrogen-bond acceptors (Lipinski definition) is 5. The van der Waals surface area contributed by atoms with Gasteiger partial charge in [-0.1, -0.05) is 0 Å². The van der Waals surface area contributed by atoms with E-state index in [1.54, 1.807) is 42.1 Å². The van der Waals surface area contributed by atoms with Gasteiger partial charge in [-0.05, 0) is 30.3 Å². The Kier molecular flexibility index (Phi) is 3.31. The number of rotatable bonds is 2. The van der Waals surface area contributed by atoms with Crippen LogP contribution in [0.4, 0.5) is 10.5 Å². The number of nitrogens with zero attached hydrogens (tertiary/aromatic N) is 2. The van der Waals surface area contributed by atoms with E-state index in [1.165, 1.54) is 12.1 Å². The minimum absolute atomic E-state index is 0.0794. The lowest BCUT2D eigenvalue weighted by atomic mass is 10.1. The van der Waals surface area contributed by atoms with E-state index in [2.05, 4.69) is 5.32 Å². The van der Waals surface area contributed by atoms with Crippen LogP contribution in [0.1, 0.15) is 5.69 Å². The number of imide groups is 2. The molecule has 2 aliphatic rings. The fourth-order valence-electron chi connectivity index (χ4n) is 2.69. The number of nitrogens with one attached hydrogen (secondary N) is 1. The van der Waals surface area contributed by atoms with Crippen LogP contribution >= 0.6 is 0 Å². The smallest absolute Gasteiger partial charge is 0.335 e. The van der Waals surface area contributed by atoms with Crippen molar-refractivity contribution in [3.05, 3.63) is 47.8 Å². The van der Waals surface area contributed by atoms with Crippen molar-refractivity contribution in [2.45, 2.75) is 0 Å². The van der Waals surface area contributed by atoms with Gasteiger partial charge in [-0.25, -0.2) is 9.69 Å². The van der Waals surface area contributed by atoms with Crippen LogP contribution in [-0.4, -0.2) is 29.2 Å². The van der Waals surface area contributed by atoms with Crippen molar-refractivity contribution in [3.8, 4) is 11.5 Å². The van der Waals surface area contributed by atoms with Crippen molar-refractivity contribution < 1.29 is 23.9 Å². The van der Waals surface area contributed by atoms with Crippen molar-refractivity contribution in [3.63, 3.8) is 0 Å². The van der Waals surface area contributed by atoms with E-state index in [0.29, 0.717) is 17.2 Å². The largest absolute Gasteiger partial charge is 0.454 e. The van der Waals surface area contributed by atoms with E-state index >= 15 is 0 Å². The zero-order chi connectivity index (χ0) is 17.6. The van der Waals surface area contributed by atoms with Crippen LogP contribution in [0, 0.1) is 0 Å². The summed E-state index contributed by atoms with van der Waals surface area (Å²) in [5.41, 5.74) is 0.828. The Morgan fingerprint density at radius 2 is 1.92 bits per heavy atom. The topological polar surface area (TPSA) is 89.9 Å². The lowest BCUT2D eigenvalue weighted by Crippen LogP contribution is -2.54. The fraction of sp³-hybridized carbons (Fsp3) is 0.118. The van der Waals surface area contributed by atoms with Crippen LogP contribution in [0.25, 0.3) is 6.08 Å². The van der Waals surface area contributed by atoms with Gasteiger partial charge in [0.05, 0.1) is 5.69 Å². The third kappa shape index (κ3) is 2.44. The first-order chi connectivity index (χ1) is 12.0. The van der Waals surface area contributed by atoms with Crippen molar-refractivity contribution in [2.24, 2.45) is 7.05 Å². The molecule has 1 saturated heterocycles. The van der Waals surface area contributed by atoms with Crippen molar-refractivity contribution in [1.82, 2.24) is 9.88 Å². The molecule has 1 aromatic carbocycles. The lowest BCUT2D eigenvalue weighted by molar-refractivity contribution is -0.122. The second-order valence-electron chi connectivity index (χ2n) is 5.54. The molecule has 25 heavy (non-hydrogen) atoms. The highest BCUT2D eigenvalue weighted by Crippen LogP contribution is 2.36. The van der Waals surface area contributed by atoms with Gasteiger partial charge in [0.2, 0.25) is 6.79 Å². The third-order valence-corrected chi connectivity index (χ3v) is 3.99. The second kappa shape index (κ2) is 5.52. The number of aromatic nitrogens is 1. The Labute approximate surface area is 142 Å². The van der Waals surface area contributed by atoms with Crippen molar-refractivity contribution >= 4 is 29.6 Å². The lowest BCUT2D eigenvalue weighted by Gasteiger charge is -2.26. The molecule has 0 aliphatic carbocycles. The number of urea groups is 1. The summed E-state index contributed by atoms with van der Waals surface area (Å²) in [6.07, 6.45) is 3.24. The van der Waals surface area contributed by atoms with Crippen LogP contribution in [0.3, 0.4) is 0 Å². The molecule has 1 aromatic heterocycles. The average molecular weight is 339 g/mol. The van der Waals surface area contributed by atoms with Crippen LogP contribution in [0.5, 0.6) is 11.5 Å². The van der Waals surface area contributed by atoms with Crippen LogP contribution in [0.2, 0.25) is 0 Å². The Balaban J connectivity index is 1.74. The number of hydrogen-bond donors (Lipinski definition) is 1. The van der Waals surface area contributed by atoms with Gasteiger partial charge < -0.3 is 14.0 Å². The number of benzene rings is 1. The predicted molar refractivity (Wildman–Crippen MR) is 87.0 cm³/mol. The van der Waals surface area contributed by atoms with Crippen LogP contribution < -0.4 is 19.7 Å². The number of fused-ring (bicyclic) bond motifs is 1. The van der Waals surface area contributed by atoms with Crippen LogP contribution in [0.15, 0.2) is 42.1 Å². The fourth-order valence-corrected chi connectivity index (χ4v) is 2.69. The van der Waals surface area contributed by atoms with Gasteiger partial charge in [0.15, 0.2) is 11.5 Å². The molecule has 1 fully saturated rings. The van der Waals surface area contributed by atoms with Gasteiger partial charge in [0.25, 0.3) is 11.8 Å². The standard InChI is InChI=1S/C17H13N3O5/c1-19-6-2-3-10(19)7-12-15(21)18-17(23)20(16(12)22)11-4-5-13-14(8-11)25-9-24-13/h2-8H,9H2,1H3,(H,18,21,23)/b12-7+. The van der Waals surface area contributed by atoms with E-state index in [4.69, 9.17) is 9.47 Å². The second-order valence-corrected chi connectivity index (χ2v) is 5.54. The van der Waals surface area contributed by atoms with E-state index in [-0.39, 0.29) is 18.1 Å². The molecule has 2 aliphatic heterocycles. The number of aryl methyl sites for hydroxylation is 1. The number of carbonyl (C=O) groups excluding carboxylic acids is 3. The minimum atomic E-state index is -0.808. The molecule has 0 unspecified atom stereocenters. The summed E-state index contributed by atoms with van der Waals surface area (Å²) >= 11 is 0. The number of ether oxygens (including phenoxy) is 2. The van der Waals surface area contributed by atoms with Crippen molar-refractivity contribution in [1.29, 1.82) is 0 Å². The maximum absolute atomic E-state index is 12.8. The predicted octanol–water partition coefficient (Wildman–Crippen LogP) is 1.42. The van der Waals surface area contributed by atoms with E-state index in [1.807, 2.05) is 0 Å². The first-order valence-electron chi connectivity index (χ1n) is 7.47. The van der Waals surface area contributed by atoms with Crippen LogP contribution in [-0.2, 0) is 16.6 Å². The zero-order valence-electron chi connectivity index (χ0n) is 13.2. The van der Waals surface area contributed by atoms with E-state index in [0.717, 1.165) is 4.90 Å². The molecule has 8 heteroatoms. The SMILES string of the molecule is Cn1cccc1/C=C1\C(=O)NC(=O)N(c2ccc3c(c2)OCO3)C1=O. The van der Waals surface area contributed by atoms with Gasteiger partial charge in [-0.2, -0.15) is 0 Å². The molecule has 0 spiro atoms. The van der Waals surface area contributed by atoms with Gasteiger partial charge in [0, 0.05) is 25.0 Å². The summed E-state index contributed by atoms with van der Waals surface area (Å²) in [5.74, 6) is -0.464. The number of barbiturate groups is 1. The monoisotopic (exact) mass is 339 g/mol. The molecule has 0 atom stereocenters. The molecule has 4 rings (SSSR count).